The number of nitrogens with zero attached hydrogens (tertiary/aromatic N) is 3. The number of para-hydroxylation sites is 1. The topological polar surface area (TPSA) is 59.3 Å². The number of allylic oxidation sites excluding steroid dienone is 3. The molecule has 1 amide bonds. The van der Waals surface area contributed by atoms with Crippen molar-refractivity contribution in [1.82, 2.24) is 14.9 Å². The standard InChI is InChI=1S/C28H30N4O/c33-27(31-21-28(15-7-3-8-16-28)22-11-10-17-29-19-22)24-20-32(25-13-6-5-12-23(24)25)26-14-4-1-2-9-18-30-26/h2,5-6,9-14,17-20H,1,3-4,7-8,15-16,21H2,(H,31,33)/b9-2+,26-14+,30-18-. The number of benzene rings is 1. The fraction of sp³-hybridized carbons (Fsp3) is 0.321. The van der Waals surface area contributed by atoms with Crippen LogP contribution in [0.25, 0.3) is 16.7 Å². The van der Waals surface area contributed by atoms with Crippen molar-refractivity contribution in [3.63, 3.8) is 0 Å². The lowest BCUT2D eigenvalue weighted by atomic mass is 9.70. The lowest BCUT2D eigenvalue weighted by Crippen LogP contribution is -2.42. The number of rotatable bonds is 5. The number of hydrogen-bond acceptors (Lipinski definition) is 3. The van der Waals surface area contributed by atoms with E-state index >= 15 is 0 Å². The predicted molar refractivity (Wildman–Crippen MR) is 134 cm³/mol. The molecule has 1 aliphatic heterocycles. The molecule has 1 aliphatic carbocycles. The molecule has 0 spiro atoms. The van der Waals surface area contributed by atoms with Crippen LogP contribution in [0.5, 0.6) is 0 Å². The molecule has 33 heavy (non-hydrogen) atoms. The first-order valence-electron chi connectivity index (χ1n) is 12.0. The lowest BCUT2D eigenvalue weighted by molar-refractivity contribution is 0.0938. The van der Waals surface area contributed by atoms with Gasteiger partial charge in [-0.1, -0.05) is 49.6 Å². The van der Waals surface area contributed by atoms with E-state index in [9.17, 15) is 4.79 Å². The van der Waals surface area contributed by atoms with E-state index in [1.54, 1.807) is 0 Å². The van der Waals surface area contributed by atoms with Crippen LogP contribution < -0.4 is 5.32 Å². The minimum absolute atomic E-state index is 0.0332. The van der Waals surface area contributed by atoms with Crippen LogP contribution >= 0.6 is 0 Å². The SMILES string of the molecule is O=C(NCC1(c2cccnc2)CCCCC1)c1cn(C2=C/CC/C=C/C=N\2)c2ccccc12. The first-order valence-corrected chi connectivity index (χ1v) is 12.0. The van der Waals surface area contributed by atoms with Crippen molar-refractivity contribution in [3.05, 3.63) is 84.3 Å². The number of pyridine rings is 1. The molecule has 1 N–H and O–H groups in total. The summed E-state index contributed by atoms with van der Waals surface area (Å²) in [4.78, 5) is 22.5. The van der Waals surface area contributed by atoms with Gasteiger partial charge >= 0.3 is 0 Å². The van der Waals surface area contributed by atoms with Crippen molar-refractivity contribution in [3.8, 4) is 0 Å². The maximum Gasteiger partial charge on any atom is 0.253 e. The Balaban J connectivity index is 1.45. The number of carbonyl (C=O) groups excluding carboxylic acids is 1. The number of hydrogen-bond donors (Lipinski definition) is 1. The van der Waals surface area contributed by atoms with Crippen molar-refractivity contribution >= 4 is 28.8 Å². The Labute approximate surface area is 194 Å². The molecule has 1 saturated carbocycles. The summed E-state index contributed by atoms with van der Waals surface area (Å²) >= 11 is 0. The molecular formula is C28H30N4O. The Morgan fingerprint density at radius 3 is 2.79 bits per heavy atom. The van der Waals surface area contributed by atoms with Crippen LogP contribution in [-0.4, -0.2) is 28.2 Å². The smallest absolute Gasteiger partial charge is 0.253 e. The molecule has 2 aliphatic rings. The third-order valence-electron chi connectivity index (χ3n) is 6.96. The van der Waals surface area contributed by atoms with Crippen LogP contribution in [0.3, 0.4) is 0 Å². The fourth-order valence-corrected chi connectivity index (χ4v) is 5.17. The highest BCUT2D eigenvalue weighted by atomic mass is 16.1. The molecule has 3 aromatic rings. The zero-order valence-electron chi connectivity index (χ0n) is 18.9. The van der Waals surface area contributed by atoms with Gasteiger partial charge in [-0.25, -0.2) is 4.99 Å². The average molecular weight is 439 g/mol. The molecule has 0 radical (unpaired) electrons. The number of aromatic nitrogens is 2. The highest BCUT2D eigenvalue weighted by Gasteiger charge is 2.34. The van der Waals surface area contributed by atoms with E-state index in [-0.39, 0.29) is 11.3 Å². The molecule has 0 saturated heterocycles. The molecule has 1 fully saturated rings. The molecular weight excluding hydrogens is 408 g/mol. The van der Waals surface area contributed by atoms with E-state index in [0.717, 1.165) is 42.4 Å². The third kappa shape index (κ3) is 4.40. The second kappa shape index (κ2) is 9.57. The molecule has 5 heteroatoms. The van der Waals surface area contributed by atoms with Crippen molar-refractivity contribution in [1.29, 1.82) is 0 Å². The van der Waals surface area contributed by atoms with Crippen LogP contribution in [0.15, 0.2) is 78.2 Å². The first kappa shape index (κ1) is 21.4. The summed E-state index contributed by atoms with van der Waals surface area (Å²) in [5.74, 6) is 0.822. The summed E-state index contributed by atoms with van der Waals surface area (Å²) in [5, 5.41) is 4.24. The van der Waals surface area contributed by atoms with Gasteiger partial charge in [0, 0.05) is 42.2 Å². The number of amides is 1. The molecule has 2 aromatic heterocycles. The van der Waals surface area contributed by atoms with Gasteiger partial charge in [0.1, 0.15) is 5.82 Å². The molecule has 5 rings (SSSR count). The maximum absolute atomic E-state index is 13.5. The van der Waals surface area contributed by atoms with E-state index in [1.807, 2.05) is 59.7 Å². The normalized spacial score (nSPS) is 21.4. The summed E-state index contributed by atoms with van der Waals surface area (Å²) < 4.78 is 2.04. The Kier molecular flexibility index (Phi) is 6.20. The maximum atomic E-state index is 13.5. The van der Waals surface area contributed by atoms with E-state index in [2.05, 4.69) is 39.6 Å². The second-order valence-electron chi connectivity index (χ2n) is 9.04. The van der Waals surface area contributed by atoms with Crippen LogP contribution in [0, 0.1) is 0 Å². The summed E-state index contributed by atoms with van der Waals surface area (Å²) in [5.41, 5.74) is 2.88. The summed E-state index contributed by atoms with van der Waals surface area (Å²) in [7, 11) is 0. The van der Waals surface area contributed by atoms with Crippen LogP contribution in [0.1, 0.15) is 60.9 Å². The number of nitrogens with one attached hydrogen (secondary N) is 1. The van der Waals surface area contributed by atoms with Gasteiger partial charge in [-0.3, -0.25) is 9.78 Å². The number of carbonyl (C=O) groups is 1. The zero-order valence-corrected chi connectivity index (χ0v) is 18.9. The summed E-state index contributed by atoms with van der Waals surface area (Å²) in [6.45, 7) is 0.628. The minimum atomic E-state index is -0.0424. The van der Waals surface area contributed by atoms with Gasteiger partial charge in [-0.05, 0) is 55.5 Å². The first-order chi connectivity index (χ1) is 16.3. The van der Waals surface area contributed by atoms with E-state index in [4.69, 9.17) is 0 Å². The Hall–Kier alpha value is -3.47. The van der Waals surface area contributed by atoms with Gasteiger partial charge in [-0.15, -0.1) is 0 Å². The molecule has 168 valence electrons. The summed E-state index contributed by atoms with van der Waals surface area (Å²) in [6.07, 6.45) is 21.5. The quantitative estimate of drug-likeness (QED) is 0.540. The summed E-state index contributed by atoms with van der Waals surface area (Å²) in [6, 6.07) is 12.2. The monoisotopic (exact) mass is 438 g/mol. The van der Waals surface area contributed by atoms with Crippen molar-refractivity contribution in [2.24, 2.45) is 4.99 Å². The van der Waals surface area contributed by atoms with Crippen molar-refractivity contribution in [2.75, 3.05) is 6.54 Å². The largest absolute Gasteiger partial charge is 0.351 e. The van der Waals surface area contributed by atoms with Gasteiger partial charge in [0.05, 0.1) is 11.1 Å². The Bertz CT molecular complexity index is 1210. The molecule has 1 aromatic carbocycles. The molecule has 0 unspecified atom stereocenters. The van der Waals surface area contributed by atoms with E-state index in [1.165, 1.54) is 24.8 Å². The molecule has 5 nitrogen and oxygen atoms in total. The minimum Gasteiger partial charge on any atom is -0.351 e. The van der Waals surface area contributed by atoms with Crippen LogP contribution in [0.2, 0.25) is 0 Å². The lowest BCUT2D eigenvalue weighted by Gasteiger charge is -2.37. The Morgan fingerprint density at radius 1 is 1.06 bits per heavy atom. The van der Waals surface area contributed by atoms with Gasteiger partial charge in [-0.2, -0.15) is 0 Å². The second-order valence-corrected chi connectivity index (χ2v) is 9.04. The van der Waals surface area contributed by atoms with E-state index < -0.39 is 0 Å². The van der Waals surface area contributed by atoms with Crippen LogP contribution in [-0.2, 0) is 5.41 Å². The Morgan fingerprint density at radius 2 is 1.94 bits per heavy atom. The highest BCUT2D eigenvalue weighted by molar-refractivity contribution is 6.07. The average Bonchev–Trinajstić information content (AvgIpc) is 3.23. The fourth-order valence-electron chi connectivity index (χ4n) is 5.17. The van der Waals surface area contributed by atoms with Gasteiger partial charge in [0.2, 0.25) is 0 Å². The zero-order chi connectivity index (χ0) is 22.5. The number of fused-ring (bicyclic) bond motifs is 1. The van der Waals surface area contributed by atoms with Gasteiger partial charge in [0.15, 0.2) is 0 Å². The van der Waals surface area contributed by atoms with Gasteiger partial charge in [0.25, 0.3) is 5.91 Å². The van der Waals surface area contributed by atoms with Crippen LogP contribution in [0.4, 0.5) is 0 Å². The predicted octanol–water partition coefficient (Wildman–Crippen LogP) is 5.89. The van der Waals surface area contributed by atoms with E-state index in [0.29, 0.717) is 12.1 Å². The molecule has 3 heterocycles. The van der Waals surface area contributed by atoms with Gasteiger partial charge < -0.3 is 9.88 Å². The highest BCUT2D eigenvalue weighted by Crippen LogP contribution is 2.39. The number of aliphatic imine (C=N–C) groups is 1. The third-order valence-corrected chi connectivity index (χ3v) is 6.96. The molecule has 0 atom stereocenters. The molecule has 0 bridgehead atoms. The van der Waals surface area contributed by atoms with Crippen molar-refractivity contribution in [2.45, 2.75) is 50.4 Å². The van der Waals surface area contributed by atoms with Crippen molar-refractivity contribution < 1.29 is 4.79 Å².